The molecule has 5 rings (SSSR count). The van der Waals surface area contributed by atoms with E-state index in [4.69, 9.17) is 9.15 Å². The number of hydrogen-bond acceptors (Lipinski definition) is 7. The molecule has 37 heavy (non-hydrogen) atoms. The lowest BCUT2D eigenvalue weighted by atomic mass is 9.72. The van der Waals surface area contributed by atoms with E-state index in [1.807, 2.05) is 36.4 Å². The fraction of sp³-hybridized carbons (Fsp3) is 0.241. The molecule has 188 valence electrons. The van der Waals surface area contributed by atoms with Gasteiger partial charge in [0, 0.05) is 46.9 Å². The van der Waals surface area contributed by atoms with E-state index in [0.29, 0.717) is 34.5 Å². The number of ether oxygens (including phenoxy) is 1. The summed E-state index contributed by atoms with van der Waals surface area (Å²) in [7, 11) is 0. The fourth-order valence-electron chi connectivity index (χ4n) is 5.17. The molecule has 0 unspecified atom stereocenters. The molecule has 1 aromatic heterocycles. The van der Waals surface area contributed by atoms with Crippen LogP contribution in [-0.2, 0) is 20.9 Å². The number of Topliss-reactive ketones (excluding diaryl/α,β-unsaturated/α-hetero) is 1. The maximum Gasteiger partial charge on any atom is 0.337 e. The molecule has 0 bridgehead atoms. The van der Waals surface area contributed by atoms with Crippen LogP contribution in [0.5, 0.6) is 0 Å². The van der Waals surface area contributed by atoms with Crippen LogP contribution in [0.4, 0.5) is 5.69 Å². The molecule has 0 spiro atoms. The van der Waals surface area contributed by atoms with E-state index >= 15 is 0 Å². The van der Waals surface area contributed by atoms with Crippen molar-refractivity contribution >= 4 is 17.4 Å². The molecule has 0 saturated heterocycles. The minimum atomic E-state index is -0.788. The first-order valence-corrected chi connectivity index (χ1v) is 12.1. The maximum absolute atomic E-state index is 13.6. The molecule has 2 atom stereocenters. The second kappa shape index (κ2) is 9.89. The smallest absolute Gasteiger partial charge is 0.337 e. The lowest BCUT2D eigenvalue weighted by Crippen LogP contribution is -2.36. The summed E-state index contributed by atoms with van der Waals surface area (Å²) in [6, 6.07) is 17.8. The number of benzene rings is 2. The van der Waals surface area contributed by atoms with Gasteiger partial charge in [0.25, 0.3) is 5.69 Å². The Bertz CT molecular complexity index is 1440. The maximum atomic E-state index is 13.6. The standard InChI is InChI=1S/C29H26N2O6/c1-17-10-11-20(14-23(17)31(34)35)27-26(29(33)37-16-19-7-4-3-5-8-19)18(2)30-22-13-21(15-24(32)28(22)27)25-9-6-12-36-25/h3-12,14,21,27,30H,13,15-16H2,1-2H3/t21-,27-/m0/s1. The Morgan fingerprint density at radius 1 is 1.11 bits per heavy atom. The van der Waals surface area contributed by atoms with Crippen molar-refractivity contribution in [3.63, 3.8) is 0 Å². The van der Waals surface area contributed by atoms with Crippen LogP contribution in [0.25, 0.3) is 0 Å². The van der Waals surface area contributed by atoms with Crippen LogP contribution in [0, 0.1) is 17.0 Å². The van der Waals surface area contributed by atoms with Crippen LogP contribution in [0.3, 0.4) is 0 Å². The molecular weight excluding hydrogens is 472 g/mol. The largest absolute Gasteiger partial charge is 0.469 e. The van der Waals surface area contributed by atoms with Crippen molar-refractivity contribution in [3.8, 4) is 0 Å². The second-order valence-electron chi connectivity index (χ2n) is 9.40. The Labute approximate surface area is 213 Å². The summed E-state index contributed by atoms with van der Waals surface area (Å²) >= 11 is 0. The van der Waals surface area contributed by atoms with Crippen molar-refractivity contribution in [2.75, 3.05) is 0 Å². The summed E-state index contributed by atoms with van der Waals surface area (Å²) in [5, 5.41) is 15.0. The average molecular weight is 499 g/mol. The Morgan fingerprint density at radius 2 is 1.89 bits per heavy atom. The number of esters is 1. The van der Waals surface area contributed by atoms with Crippen LogP contribution in [0.15, 0.2) is 93.9 Å². The predicted octanol–water partition coefficient (Wildman–Crippen LogP) is 5.60. The summed E-state index contributed by atoms with van der Waals surface area (Å²) in [6.07, 6.45) is 2.31. The molecule has 2 aromatic carbocycles. The molecule has 0 amide bonds. The van der Waals surface area contributed by atoms with Crippen molar-refractivity contribution in [2.24, 2.45) is 0 Å². The van der Waals surface area contributed by atoms with Gasteiger partial charge in [-0.2, -0.15) is 0 Å². The Kier molecular flexibility index (Phi) is 6.48. The summed E-state index contributed by atoms with van der Waals surface area (Å²) < 4.78 is 11.2. The molecule has 0 fully saturated rings. The van der Waals surface area contributed by atoms with Gasteiger partial charge in [-0.25, -0.2) is 4.79 Å². The van der Waals surface area contributed by atoms with Crippen LogP contribution < -0.4 is 5.32 Å². The highest BCUT2D eigenvalue weighted by Gasteiger charge is 2.42. The van der Waals surface area contributed by atoms with Gasteiger partial charge >= 0.3 is 5.97 Å². The quantitative estimate of drug-likeness (QED) is 0.267. The first-order chi connectivity index (χ1) is 17.8. The van der Waals surface area contributed by atoms with Crippen LogP contribution >= 0.6 is 0 Å². The summed E-state index contributed by atoms with van der Waals surface area (Å²) in [6.45, 7) is 3.49. The van der Waals surface area contributed by atoms with Gasteiger partial charge in [0.1, 0.15) is 12.4 Å². The number of furan rings is 1. The summed E-state index contributed by atoms with van der Waals surface area (Å²) in [4.78, 5) is 38.4. The average Bonchev–Trinajstić information content (AvgIpc) is 3.42. The summed E-state index contributed by atoms with van der Waals surface area (Å²) in [5.41, 5.74) is 3.73. The topological polar surface area (TPSA) is 112 Å². The number of ketones is 1. The monoisotopic (exact) mass is 498 g/mol. The van der Waals surface area contributed by atoms with Gasteiger partial charge in [0.2, 0.25) is 0 Å². The van der Waals surface area contributed by atoms with Crippen molar-refractivity contribution in [1.82, 2.24) is 5.32 Å². The van der Waals surface area contributed by atoms with E-state index in [9.17, 15) is 19.7 Å². The Balaban J connectivity index is 1.57. The van der Waals surface area contributed by atoms with Crippen molar-refractivity contribution < 1.29 is 23.7 Å². The van der Waals surface area contributed by atoms with Gasteiger partial charge in [0.15, 0.2) is 5.78 Å². The number of dihydropyridines is 1. The normalized spacial score (nSPS) is 19.4. The SMILES string of the molecule is CC1=C(C(=O)OCc2ccccc2)[C@H](c2ccc(C)c([N+](=O)[O-])c2)C2=C(C[C@H](c3ccco3)CC2=O)N1. The number of allylic oxidation sites excluding steroid dienone is 3. The number of carbonyl (C=O) groups is 2. The zero-order valence-electron chi connectivity index (χ0n) is 20.5. The van der Waals surface area contributed by atoms with Crippen LogP contribution in [0.2, 0.25) is 0 Å². The van der Waals surface area contributed by atoms with Gasteiger partial charge in [-0.3, -0.25) is 14.9 Å². The van der Waals surface area contributed by atoms with E-state index in [1.165, 1.54) is 6.07 Å². The molecule has 0 radical (unpaired) electrons. The molecule has 1 aliphatic carbocycles. The van der Waals surface area contributed by atoms with Gasteiger partial charge in [-0.15, -0.1) is 0 Å². The zero-order chi connectivity index (χ0) is 26.1. The van der Waals surface area contributed by atoms with Gasteiger partial charge < -0.3 is 14.5 Å². The number of hydrogen-bond donors (Lipinski definition) is 1. The van der Waals surface area contributed by atoms with Crippen molar-refractivity contribution in [2.45, 2.75) is 45.1 Å². The van der Waals surface area contributed by atoms with E-state index in [2.05, 4.69) is 5.32 Å². The number of carbonyl (C=O) groups excluding carboxylic acids is 2. The number of aryl methyl sites for hydroxylation is 1. The first-order valence-electron chi connectivity index (χ1n) is 12.1. The van der Waals surface area contributed by atoms with Crippen LogP contribution in [-0.4, -0.2) is 16.7 Å². The van der Waals surface area contributed by atoms with Crippen molar-refractivity contribution in [1.29, 1.82) is 0 Å². The predicted molar refractivity (Wildman–Crippen MR) is 135 cm³/mol. The highest BCUT2D eigenvalue weighted by Crippen LogP contribution is 2.46. The molecule has 3 aromatic rings. The van der Waals surface area contributed by atoms with E-state index in [1.54, 1.807) is 38.3 Å². The van der Waals surface area contributed by atoms with E-state index < -0.39 is 16.8 Å². The third kappa shape index (κ3) is 4.70. The molecule has 8 heteroatoms. The molecule has 2 heterocycles. The van der Waals surface area contributed by atoms with Gasteiger partial charge in [-0.1, -0.05) is 42.5 Å². The molecule has 2 aliphatic rings. The lowest BCUT2D eigenvalue weighted by Gasteiger charge is -2.36. The van der Waals surface area contributed by atoms with E-state index in [-0.39, 0.29) is 36.0 Å². The fourth-order valence-corrected chi connectivity index (χ4v) is 5.17. The molecule has 1 N–H and O–H groups in total. The number of nitro groups is 1. The Hall–Kier alpha value is -4.46. The summed E-state index contributed by atoms with van der Waals surface area (Å²) in [5.74, 6) is -0.914. The second-order valence-corrected chi connectivity index (χ2v) is 9.40. The van der Waals surface area contributed by atoms with Crippen molar-refractivity contribution in [3.05, 3.63) is 122 Å². The third-order valence-corrected chi connectivity index (χ3v) is 6.97. The Morgan fingerprint density at radius 3 is 2.59 bits per heavy atom. The number of rotatable bonds is 6. The number of nitrogens with zero attached hydrogens (tertiary/aromatic N) is 1. The molecule has 1 aliphatic heterocycles. The lowest BCUT2D eigenvalue weighted by molar-refractivity contribution is -0.385. The number of nitrogens with one attached hydrogen (secondary N) is 1. The highest BCUT2D eigenvalue weighted by atomic mass is 16.6. The minimum Gasteiger partial charge on any atom is -0.469 e. The third-order valence-electron chi connectivity index (χ3n) is 6.97. The molecule has 8 nitrogen and oxygen atoms in total. The highest BCUT2D eigenvalue weighted by molar-refractivity contribution is 6.04. The van der Waals surface area contributed by atoms with Crippen LogP contribution in [0.1, 0.15) is 54.1 Å². The number of nitro benzene ring substituents is 1. The van der Waals surface area contributed by atoms with Gasteiger partial charge in [-0.05, 0) is 43.5 Å². The molecular formula is C29H26N2O6. The minimum absolute atomic E-state index is 0.0652. The molecule has 0 saturated carbocycles. The zero-order valence-corrected chi connectivity index (χ0v) is 20.5. The van der Waals surface area contributed by atoms with E-state index in [0.717, 1.165) is 11.3 Å². The van der Waals surface area contributed by atoms with Gasteiger partial charge in [0.05, 0.1) is 16.8 Å². The first kappa shape index (κ1) is 24.2.